The van der Waals surface area contributed by atoms with Crippen LogP contribution in [-0.4, -0.2) is 10.5 Å². The molecule has 0 spiro atoms. The highest BCUT2D eigenvalue weighted by molar-refractivity contribution is 5.76. The van der Waals surface area contributed by atoms with Gasteiger partial charge in [0.25, 0.3) is 0 Å². The van der Waals surface area contributed by atoms with Crippen LogP contribution in [0.3, 0.4) is 0 Å². The lowest BCUT2D eigenvalue weighted by Gasteiger charge is -2.03. The highest BCUT2D eigenvalue weighted by Crippen LogP contribution is 2.14. The summed E-state index contributed by atoms with van der Waals surface area (Å²) in [5.74, 6) is -0.374. The van der Waals surface area contributed by atoms with Gasteiger partial charge in [-0.15, -0.1) is 0 Å². The fourth-order valence-corrected chi connectivity index (χ4v) is 1.61. The highest BCUT2D eigenvalue weighted by atomic mass is 16.4. The van der Waals surface area contributed by atoms with E-state index in [1.165, 1.54) is 4.57 Å². The van der Waals surface area contributed by atoms with Crippen LogP contribution in [0.4, 0.5) is 0 Å². The maximum Gasteiger partial charge on any atom is 0.419 e. The molecule has 1 amide bonds. The quantitative estimate of drug-likeness (QED) is 0.866. The molecule has 1 aromatic heterocycles. The topological polar surface area (TPSA) is 64.2 Å². The number of nitrogens with zero attached hydrogens (tertiary/aromatic N) is 1. The van der Waals surface area contributed by atoms with E-state index >= 15 is 0 Å². The predicted octanol–water partition coefficient (Wildman–Crippen LogP) is 1.16. The van der Waals surface area contributed by atoms with Crippen LogP contribution in [0.15, 0.2) is 27.4 Å². The first-order valence-electron chi connectivity index (χ1n) is 5.47. The zero-order valence-electron chi connectivity index (χ0n) is 9.82. The van der Waals surface area contributed by atoms with Gasteiger partial charge in [0.1, 0.15) is 0 Å². The summed E-state index contributed by atoms with van der Waals surface area (Å²) in [5, 5.41) is 2.78. The normalized spacial score (nSPS) is 10.7. The van der Waals surface area contributed by atoms with Gasteiger partial charge in [0.2, 0.25) is 5.91 Å². The second kappa shape index (κ2) is 4.45. The van der Waals surface area contributed by atoms with Crippen LogP contribution in [0, 0.1) is 0 Å². The summed E-state index contributed by atoms with van der Waals surface area (Å²) < 4.78 is 6.47. The van der Waals surface area contributed by atoms with Crippen molar-refractivity contribution in [1.29, 1.82) is 0 Å². The fraction of sp³-hybridized carbons (Fsp3) is 0.333. The number of aromatic nitrogens is 1. The average molecular weight is 234 g/mol. The number of nitrogens with one attached hydrogen (secondary N) is 1. The van der Waals surface area contributed by atoms with Crippen LogP contribution in [-0.2, 0) is 18.4 Å². The lowest BCUT2D eigenvalue weighted by Crippen LogP contribution is -2.21. The van der Waals surface area contributed by atoms with Crippen LogP contribution in [0.5, 0.6) is 0 Å². The molecule has 17 heavy (non-hydrogen) atoms. The van der Waals surface area contributed by atoms with Gasteiger partial charge in [-0.1, -0.05) is 13.0 Å². The molecule has 2 rings (SSSR count). The van der Waals surface area contributed by atoms with E-state index in [2.05, 4.69) is 5.32 Å². The van der Waals surface area contributed by atoms with Crippen LogP contribution >= 0.6 is 0 Å². The minimum atomic E-state index is -0.380. The van der Waals surface area contributed by atoms with Gasteiger partial charge in [0.05, 0.1) is 5.52 Å². The molecule has 0 aliphatic carbocycles. The summed E-state index contributed by atoms with van der Waals surface area (Å²) in [6.07, 6.45) is 0.465. The van der Waals surface area contributed by atoms with Crippen molar-refractivity contribution >= 4 is 17.0 Å². The van der Waals surface area contributed by atoms with E-state index in [-0.39, 0.29) is 11.7 Å². The number of benzene rings is 1. The van der Waals surface area contributed by atoms with E-state index in [9.17, 15) is 9.59 Å². The molecule has 5 heteroatoms. The first-order chi connectivity index (χ1) is 8.11. The molecule has 0 fully saturated rings. The van der Waals surface area contributed by atoms with Crippen molar-refractivity contribution in [3.8, 4) is 0 Å². The molecular formula is C12H14N2O3. The van der Waals surface area contributed by atoms with Crippen molar-refractivity contribution in [2.75, 3.05) is 0 Å². The van der Waals surface area contributed by atoms with E-state index in [1.807, 2.05) is 12.1 Å². The number of rotatable bonds is 3. The maximum atomic E-state index is 11.3. The van der Waals surface area contributed by atoms with Gasteiger partial charge in [-0.25, -0.2) is 4.79 Å². The molecule has 0 aliphatic heterocycles. The first kappa shape index (κ1) is 11.4. The van der Waals surface area contributed by atoms with E-state index in [0.717, 1.165) is 11.1 Å². The maximum absolute atomic E-state index is 11.3. The Bertz CT molecular complexity index is 610. The summed E-state index contributed by atoms with van der Waals surface area (Å²) in [4.78, 5) is 22.4. The van der Waals surface area contributed by atoms with Gasteiger partial charge in [-0.2, -0.15) is 0 Å². The van der Waals surface area contributed by atoms with Gasteiger partial charge >= 0.3 is 5.76 Å². The molecule has 1 aromatic carbocycles. The van der Waals surface area contributed by atoms with Crippen LogP contribution in [0.25, 0.3) is 11.1 Å². The van der Waals surface area contributed by atoms with Crippen molar-refractivity contribution in [2.24, 2.45) is 7.05 Å². The number of carbonyl (C=O) groups excluding carboxylic acids is 1. The molecule has 0 saturated carbocycles. The second-order valence-electron chi connectivity index (χ2n) is 3.86. The summed E-state index contributed by atoms with van der Waals surface area (Å²) in [5.41, 5.74) is 2.23. The molecule has 0 bridgehead atoms. The Morgan fingerprint density at radius 2 is 2.24 bits per heavy atom. The van der Waals surface area contributed by atoms with Gasteiger partial charge in [-0.05, 0) is 17.7 Å². The van der Waals surface area contributed by atoms with E-state index in [4.69, 9.17) is 4.42 Å². The van der Waals surface area contributed by atoms with Gasteiger partial charge in [0, 0.05) is 20.0 Å². The monoisotopic (exact) mass is 234 g/mol. The van der Waals surface area contributed by atoms with Crippen LogP contribution in [0.2, 0.25) is 0 Å². The van der Waals surface area contributed by atoms with E-state index < -0.39 is 0 Å². The van der Waals surface area contributed by atoms with Crippen LogP contribution < -0.4 is 11.1 Å². The molecule has 5 nitrogen and oxygen atoms in total. The molecule has 0 saturated heterocycles. The highest BCUT2D eigenvalue weighted by Gasteiger charge is 2.06. The van der Waals surface area contributed by atoms with Crippen molar-refractivity contribution in [2.45, 2.75) is 19.9 Å². The number of hydrogen-bond acceptors (Lipinski definition) is 3. The molecule has 90 valence electrons. The zero-order valence-corrected chi connectivity index (χ0v) is 9.82. The minimum absolute atomic E-state index is 0.00572. The zero-order chi connectivity index (χ0) is 12.4. The molecule has 0 unspecified atom stereocenters. The summed E-state index contributed by atoms with van der Waals surface area (Å²) in [7, 11) is 1.66. The Balaban J connectivity index is 2.28. The molecule has 1 N–H and O–H groups in total. The SMILES string of the molecule is CCC(=O)NCc1ccc2oc(=O)n(C)c2c1. The molecule has 1 heterocycles. The first-order valence-corrected chi connectivity index (χ1v) is 5.47. The number of carbonyl (C=O) groups is 1. The summed E-state index contributed by atoms with van der Waals surface area (Å²) in [6, 6.07) is 5.42. The Kier molecular flexibility index (Phi) is 2.99. The third-order valence-electron chi connectivity index (χ3n) is 2.67. The molecule has 2 aromatic rings. The number of oxazole rings is 1. The van der Waals surface area contributed by atoms with E-state index in [0.29, 0.717) is 18.5 Å². The molecular weight excluding hydrogens is 220 g/mol. The Labute approximate surface area is 98.0 Å². The average Bonchev–Trinajstić information content (AvgIpc) is 2.62. The number of hydrogen-bond donors (Lipinski definition) is 1. The third kappa shape index (κ3) is 2.22. The molecule has 0 aliphatic rings. The summed E-state index contributed by atoms with van der Waals surface area (Å²) >= 11 is 0. The molecule has 0 atom stereocenters. The Hall–Kier alpha value is -2.04. The van der Waals surface area contributed by atoms with E-state index in [1.54, 1.807) is 20.0 Å². The fourth-order valence-electron chi connectivity index (χ4n) is 1.61. The van der Waals surface area contributed by atoms with Gasteiger partial charge in [0.15, 0.2) is 5.58 Å². The Morgan fingerprint density at radius 1 is 1.47 bits per heavy atom. The lowest BCUT2D eigenvalue weighted by molar-refractivity contribution is -0.120. The van der Waals surface area contributed by atoms with Crippen molar-refractivity contribution < 1.29 is 9.21 Å². The van der Waals surface area contributed by atoms with Gasteiger partial charge < -0.3 is 9.73 Å². The van der Waals surface area contributed by atoms with Gasteiger partial charge in [-0.3, -0.25) is 9.36 Å². The Morgan fingerprint density at radius 3 is 2.94 bits per heavy atom. The van der Waals surface area contributed by atoms with Crippen molar-refractivity contribution in [3.63, 3.8) is 0 Å². The largest absolute Gasteiger partial charge is 0.419 e. The second-order valence-corrected chi connectivity index (χ2v) is 3.86. The number of aryl methyl sites for hydroxylation is 1. The van der Waals surface area contributed by atoms with Crippen molar-refractivity contribution in [1.82, 2.24) is 9.88 Å². The lowest BCUT2D eigenvalue weighted by atomic mass is 10.2. The molecule has 0 radical (unpaired) electrons. The van der Waals surface area contributed by atoms with Crippen LogP contribution in [0.1, 0.15) is 18.9 Å². The standard InChI is InChI=1S/C12H14N2O3/c1-3-11(15)13-7-8-4-5-10-9(6-8)14(2)12(16)17-10/h4-6H,3,7H2,1-2H3,(H,13,15). The predicted molar refractivity (Wildman–Crippen MR) is 63.6 cm³/mol. The number of fused-ring (bicyclic) bond motifs is 1. The minimum Gasteiger partial charge on any atom is -0.408 e. The third-order valence-corrected chi connectivity index (χ3v) is 2.67. The smallest absolute Gasteiger partial charge is 0.408 e. The number of amides is 1. The summed E-state index contributed by atoms with van der Waals surface area (Å²) in [6.45, 7) is 2.26. The van der Waals surface area contributed by atoms with Crippen molar-refractivity contribution in [3.05, 3.63) is 34.3 Å².